The summed E-state index contributed by atoms with van der Waals surface area (Å²) in [7, 11) is 1.66. The molecule has 5 heteroatoms. The Balaban J connectivity index is 1.60. The van der Waals surface area contributed by atoms with E-state index in [2.05, 4.69) is 24.1 Å². The highest BCUT2D eigenvalue weighted by molar-refractivity contribution is 5.93. The van der Waals surface area contributed by atoms with Gasteiger partial charge in [0.2, 0.25) is 5.91 Å². The minimum atomic E-state index is -0.145. The van der Waals surface area contributed by atoms with Gasteiger partial charge in [0.05, 0.1) is 13.0 Å². The lowest BCUT2D eigenvalue weighted by atomic mass is 9.90. The number of rotatable bonds is 7. The smallest absolute Gasteiger partial charge is 0.228 e. The zero-order valence-corrected chi connectivity index (χ0v) is 17.6. The van der Waals surface area contributed by atoms with Crippen LogP contribution >= 0.6 is 0 Å². The number of aliphatic hydroxyl groups excluding tert-OH is 1. The van der Waals surface area contributed by atoms with E-state index in [0.29, 0.717) is 0 Å². The predicted octanol–water partition coefficient (Wildman–Crippen LogP) is 4.03. The first-order chi connectivity index (χ1) is 13.9. The number of likely N-dealkylation sites (tertiary alicyclic amines) is 1. The topological polar surface area (TPSA) is 61.8 Å². The fourth-order valence-electron chi connectivity index (χ4n) is 3.86. The normalized spacial score (nSPS) is 17.7. The van der Waals surface area contributed by atoms with Crippen molar-refractivity contribution >= 4 is 11.6 Å². The maximum atomic E-state index is 12.8. The Bertz CT molecular complexity index is 817. The monoisotopic (exact) mass is 396 g/mol. The van der Waals surface area contributed by atoms with Gasteiger partial charge in [0.15, 0.2) is 0 Å². The van der Waals surface area contributed by atoms with Gasteiger partial charge in [0, 0.05) is 30.8 Å². The molecule has 0 radical (unpaired) electrons. The van der Waals surface area contributed by atoms with Crippen molar-refractivity contribution in [3.8, 4) is 16.9 Å². The number of aliphatic hydroxyl groups is 1. The Morgan fingerprint density at radius 2 is 1.97 bits per heavy atom. The number of piperidine rings is 1. The van der Waals surface area contributed by atoms with Crippen LogP contribution in [0.1, 0.15) is 26.7 Å². The summed E-state index contributed by atoms with van der Waals surface area (Å²) in [5.41, 5.74) is 2.83. The molecule has 1 saturated heterocycles. The highest BCUT2D eigenvalue weighted by Gasteiger charge is 2.29. The van der Waals surface area contributed by atoms with Crippen molar-refractivity contribution in [1.29, 1.82) is 0 Å². The van der Waals surface area contributed by atoms with E-state index < -0.39 is 0 Å². The van der Waals surface area contributed by atoms with Gasteiger partial charge in [-0.15, -0.1) is 0 Å². The Labute approximate surface area is 173 Å². The van der Waals surface area contributed by atoms with Gasteiger partial charge >= 0.3 is 0 Å². The minimum absolute atomic E-state index is 0.0173. The summed E-state index contributed by atoms with van der Waals surface area (Å²) in [6.45, 7) is 6.81. The second-order valence-corrected chi connectivity index (χ2v) is 8.70. The highest BCUT2D eigenvalue weighted by atomic mass is 16.5. The third-order valence-electron chi connectivity index (χ3n) is 5.51. The lowest BCUT2D eigenvalue weighted by Crippen LogP contribution is -2.45. The van der Waals surface area contributed by atoms with Gasteiger partial charge in [-0.05, 0) is 54.8 Å². The van der Waals surface area contributed by atoms with E-state index >= 15 is 0 Å². The third-order valence-corrected chi connectivity index (χ3v) is 5.51. The zero-order chi connectivity index (χ0) is 20.9. The Morgan fingerprint density at radius 3 is 2.66 bits per heavy atom. The maximum absolute atomic E-state index is 12.8. The van der Waals surface area contributed by atoms with Gasteiger partial charge in [-0.3, -0.25) is 4.79 Å². The molecule has 0 bridgehead atoms. The SMILES string of the molecule is COc1cccc(-c2ccc(NC(=O)C3CCCN(CC(C)(C)CO)C3)cc2)c1. The predicted molar refractivity (Wildman–Crippen MR) is 117 cm³/mol. The number of nitrogens with one attached hydrogen (secondary N) is 1. The molecule has 1 heterocycles. The van der Waals surface area contributed by atoms with Crippen molar-refractivity contribution in [1.82, 2.24) is 4.90 Å². The van der Waals surface area contributed by atoms with Crippen molar-refractivity contribution in [3.63, 3.8) is 0 Å². The lowest BCUT2D eigenvalue weighted by molar-refractivity contribution is -0.121. The van der Waals surface area contributed by atoms with Crippen LogP contribution in [0, 0.1) is 11.3 Å². The van der Waals surface area contributed by atoms with Crippen LogP contribution in [0.15, 0.2) is 48.5 Å². The Hall–Kier alpha value is -2.37. The molecular formula is C24H32N2O3. The van der Waals surface area contributed by atoms with E-state index in [9.17, 15) is 9.90 Å². The molecule has 0 spiro atoms. The molecule has 0 aliphatic carbocycles. The molecule has 1 atom stereocenters. The summed E-state index contributed by atoms with van der Waals surface area (Å²) >= 11 is 0. The quantitative estimate of drug-likeness (QED) is 0.742. The van der Waals surface area contributed by atoms with E-state index in [4.69, 9.17) is 4.74 Å². The average molecular weight is 397 g/mol. The number of ether oxygens (including phenoxy) is 1. The molecule has 1 fully saturated rings. The van der Waals surface area contributed by atoms with Gasteiger partial charge < -0.3 is 20.1 Å². The van der Waals surface area contributed by atoms with Gasteiger partial charge in [0.1, 0.15) is 5.75 Å². The van der Waals surface area contributed by atoms with Crippen molar-refractivity contribution in [2.75, 3.05) is 38.7 Å². The second-order valence-electron chi connectivity index (χ2n) is 8.70. The fourth-order valence-corrected chi connectivity index (χ4v) is 3.86. The molecule has 2 N–H and O–H groups in total. The molecule has 5 nitrogen and oxygen atoms in total. The Kier molecular flexibility index (Phi) is 6.93. The van der Waals surface area contributed by atoms with Crippen LogP contribution in [0.3, 0.4) is 0 Å². The highest BCUT2D eigenvalue weighted by Crippen LogP contribution is 2.26. The number of amides is 1. The molecule has 1 unspecified atom stereocenters. The van der Waals surface area contributed by atoms with E-state index in [1.54, 1.807) is 7.11 Å². The number of carbonyl (C=O) groups is 1. The summed E-state index contributed by atoms with van der Waals surface area (Å²) in [6, 6.07) is 15.9. The molecular weight excluding hydrogens is 364 g/mol. The average Bonchev–Trinajstić information content (AvgIpc) is 2.74. The second kappa shape index (κ2) is 9.42. The summed E-state index contributed by atoms with van der Waals surface area (Å²) in [5, 5.41) is 12.6. The molecule has 2 aromatic carbocycles. The van der Waals surface area contributed by atoms with Crippen LogP contribution in [0.5, 0.6) is 5.75 Å². The molecule has 1 amide bonds. The molecule has 2 aromatic rings. The van der Waals surface area contributed by atoms with E-state index in [-0.39, 0.29) is 23.8 Å². The first-order valence-electron chi connectivity index (χ1n) is 10.3. The van der Waals surface area contributed by atoms with Gasteiger partial charge in [-0.25, -0.2) is 0 Å². The Morgan fingerprint density at radius 1 is 1.21 bits per heavy atom. The van der Waals surface area contributed by atoms with Crippen LogP contribution in [0.2, 0.25) is 0 Å². The van der Waals surface area contributed by atoms with Crippen LogP contribution in [0.25, 0.3) is 11.1 Å². The minimum Gasteiger partial charge on any atom is -0.497 e. The first-order valence-corrected chi connectivity index (χ1v) is 10.3. The summed E-state index contributed by atoms with van der Waals surface area (Å²) in [6.07, 6.45) is 1.91. The first kappa shape index (κ1) is 21.3. The number of benzene rings is 2. The summed E-state index contributed by atoms with van der Waals surface area (Å²) in [4.78, 5) is 15.1. The number of hydrogen-bond donors (Lipinski definition) is 2. The van der Waals surface area contributed by atoms with Gasteiger partial charge in [-0.2, -0.15) is 0 Å². The molecule has 0 aromatic heterocycles. The molecule has 1 aliphatic rings. The molecule has 3 rings (SSSR count). The van der Waals surface area contributed by atoms with Crippen LogP contribution < -0.4 is 10.1 Å². The zero-order valence-electron chi connectivity index (χ0n) is 17.6. The van der Waals surface area contributed by atoms with E-state index in [1.807, 2.05) is 48.5 Å². The van der Waals surface area contributed by atoms with E-state index in [1.165, 1.54) is 0 Å². The van der Waals surface area contributed by atoms with Gasteiger partial charge in [0.25, 0.3) is 0 Å². The van der Waals surface area contributed by atoms with Crippen molar-refractivity contribution < 1.29 is 14.6 Å². The fraction of sp³-hybridized carbons (Fsp3) is 0.458. The van der Waals surface area contributed by atoms with Crippen molar-refractivity contribution in [2.24, 2.45) is 11.3 Å². The standard InChI is InChI=1S/C24H32N2O3/c1-24(2,17-27)16-26-13-5-7-20(15-26)23(28)25-21-11-9-18(10-12-21)19-6-4-8-22(14-19)29-3/h4,6,8-12,14,20,27H,5,7,13,15-17H2,1-3H3,(H,25,28). The van der Waals surface area contributed by atoms with Crippen LogP contribution in [-0.4, -0.2) is 49.3 Å². The molecule has 29 heavy (non-hydrogen) atoms. The van der Waals surface area contributed by atoms with Gasteiger partial charge in [-0.1, -0.05) is 38.1 Å². The third kappa shape index (κ3) is 5.81. The molecule has 1 aliphatic heterocycles. The maximum Gasteiger partial charge on any atom is 0.228 e. The number of anilines is 1. The number of nitrogens with zero attached hydrogens (tertiary/aromatic N) is 1. The largest absolute Gasteiger partial charge is 0.497 e. The molecule has 156 valence electrons. The van der Waals surface area contributed by atoms with Crippen molar-refractivity contribution in [2.45, 2.75) is 26.7 Å². The summed E-state index contributed by atoms with van der Waals surface area (Å²) in [5.74, 6) is 0.882. The summed E-state index contributed by atoms with van der Waals surface area (Å²) < 4.78 is 5.29. The van der Waals surface area contributed by atoms with E-state index in [0.717, 1.165) is 55.0 Å². The van der Waals surface area contributed by atoms with Crippen molar-refractivity contribution in [3.05, 3.63) is 48.5 Å². The van der Waals surface area contributed by atoms with Crippen LogP contribution in [0.4, 0.5) is 5.69 Å². The lowest BCUT2D eigenvalue weighted by Gasteiger charge is -2.36. The van der Waals surface area contributed by atoms with Crippen LogP contribution in [-0.2, 0) is 4.79 Å². The number of hydrogen-bond acceptors (Lipinski definition) is 4. The number of carbonyl (C=O) groups excluding carboxylic acids is 1. The number of methoxy groups -OCH3 is 1. The molecule has 0 saturated carbocycles.